The van der Waals surface area contributed by atoms with E-state index in [0.29, 0.717) is 21.6 Å². The molecule has 8 nitrogen and oxygen atoms in total. The van der Waals surface area contributed by atoms with Gasteiger partial charge in [-0.3, -0.25) is 0 Å². The van der Waals surface area contributed by atoms with Crippen LogP contribution < -0.4 is 0 Å². The molecule has 0 saturated heterocycles. The molecule has 3 aromatic heterocycles. The van der Waals surface area contributed by atoms with Gasteiger partial charge in [0.25, 0.3) is 0 Å². The lowest BCUT2D eigenvalue weighted by Gasteiger charge is -2.25. The summed E-state index contributed by atoms with van der Waals surface area (Å²) in [6, 6.07) is 14.2. The van der Waals surface area contributed by atoms with Crippen LogP contribution in [-0.2, 0) is 6.18 Å². The van der Waals surface area contributed by atoms with Gasteiger partial charge in [-0.15, -0.1) is 16.4 Å². The second-order valence-corrected chi connectivity index (χ2v) is 8.67. The first kappa shape index (κ1) is 21.8. The van der Waals surface area contributed by atoms with Crippen molar-refractivity contribution < 1.29 is 23.1 Å². The average Bonchev–Trinajstić information content (AvgIpc) is 3.53. The number of rotatable bonds is 5. The molecule has 0 amide bonds. The number of benzene rings is 2. The highest BCUT2D eigenvalue weighted by molar-refractivity contribution is 7.15. The van der Waals surface area contributed by atoms with Crippen LogP contribution in [0.3, 0.4) is 0 Å². The van der Waals surface area contributed by atoms with Gasteiger partial charge in [-0.1, -0.05) is 54.6 Å². The molecule has 12 heteroatoms. The van der Waals surface area contributed by atoms with Gasteiger partial charge in [0, 0.05) is 10.4 Å². The van der Waals surface area contributed by atoms with Gasteiger partial charge in [0.05, 0.1) is 11.6 Å². The summed E-state index contributed by atoms with van der Waals surface area (Å²) in [5, 5.41) is 23.6. The Bertz CT molecular complexity index is 1490. The summed E-state index contributed by atoms with van der Waals surface area (Å²) in [7, 11) is 0. The van der Waals surface area contributed by atoms with Crippen LogP contribution in [0.5, 0.6) is 0 Å². The van der Waals surface area contributed by atoms with Crippen molar-refractivity contribution in [3.8, 4) is 11.4 Å². The molecule has 2 N–H and O–H groups in total. The normalized spacial score (nSPS) is 12.8. The third kappa shape index (κ3) is 3.52. The highest BCUT2D eigenvalue weighted by Gasteiger charge is 2.42. The van der Waals surface area contributed by atoms with E-state index >= 15 is 0 Å². The van der Waals surface area contributed by atoms with Gasteiger partial charge >= 0.3 is 12.1 Å². The first-order chi connectivity index (χ1) is 16.3. The Balaban J connectivity index is 1.93. The molecule has 1 atom stereocenters. The molecular formula is C22H15F3N6O2S. The molecule has 2 aromatic carbocycles. The molecule has 172 valence electrons. The molecule has 1 unspecified atom stereocenters. The number of aromatic carboxylic acids is 1. The molecule has 3 heterocycles. The van der Waals surface area contributed by atoms with Gasteiger partial charge in [-0.25, -0.2) is 14.9 Å². The van der Waals surface area contributed by atoms with Gasteiger partial charge in [0.1, 0.15) is 10.4 Å². The molecule has 0 fully saturated rings. The highest BCUT2D eigenvalue weighted by Crippen LogP contribution is 2.43. The highest BCUT2D eigenvalue weighted by atomic mass is 32.1. The summed E-state index contributed by atoms with van der Waals surface area (Å²) in [6.45, 7) is 1.56. The number of tetrazole rings is 1. The van der Waals surface area contributed by atoms with Crippen LogP contribution in [0.25, 0.3) is 22.4 Å². The number of hydrogen-bond donors (Lipinski definition) is 2. The molecule has 34 heavy (non-hydrogen) atoms. The van der Waals surface area contributed by atoms with Gasteiger partial charge in [-0.2, -0.15) is 13.2 Å². The van der Waals surface area contributed by atoms with Crippen molar-refractivity contribution in [3.05, 3.63) is 81.3 Å². The van der Waals surface area contributed by atoms with Crippen molar-refractivity contribution in [3.63, 3.8) is 0 Å². The van der Waals surface area contributed by atoms with Crippen molar-refractivity contribution in [2.24, 2.45) is 0 Å². The van der Waals surface area contributed by atoms with Crippen LogP contribution >= 0.6 is 11.3 Å². The number of carbonyl (C=O) groups is 1. The predicted octanol–water partition coefficient (Wildman–Crippen LogP) is 4.94. The number of nitrogens with one attached hydrogen (secondary N) is 1. The summed E-state index contributed by atoms with van der Waals surface area (Å²) in [6.07, 6.45) is -4.84. The number of thiophene rings is 1. The maximum atomic E-state index is 14.3. The molecular weight excluding hydrogens is 469 g/mol. The minimum atomic E-state index is -4.84. The smallest absolute Gasteiger partial charge is 0.449 e. The zero-order chi connectivity index (χ0) is 24.0. The minimum absolute atomic E-state index is 0.00877. The zero-order valence-corrected chi connectivity index (χ0v) is 18.2. The topological polar surface area (TPSA) is 110 Å². The fraction of sp³-hybridized carbons (Fsp3) is 0.136. The summed E-state index contributed by atoms with van der Waals surface area (Å²) in [4.78, 5) is 16.1. The van der Waals surface area contributed by atoms with Crippen LogP contribution in [-0.4, -0.2) is 41.3 Å². The number of nitrogens with zero attached hydrogens (tertiary/aromatic N) is 5. The number of aromatic nitrogens is 6. The maximum absolute atomic E-state index is 14.3. The van der Waals surface area contributed by atoms with E-state index in [4.69, 9.17) is 0 Å². The Kier molecular flexibility index (Phi) is 5.16. The van der Waals surface area contributed by atoms with Crippen LogP contribution in [0.2, 0.25) is 0 Å². The lowest BCUT2D eigenvalue weighted by molar-refractivity contribution is -0.147. The fourth-order valence-electron chi connectivity index (χ4n) is 4.07. The molecule has 0 aliphatic rings. The van der Waals surface area contributed by atoms with E-state index in [9.17, 15) is 23.1 Å². The largest absolute Gasteiger partial charge is 0.477 e. The maximum Gasteiger partial charge on any atom is 0.449 e. The van der Waals surface area contributed by atoms with E-state index in [1.807, 2.05) is 0 Å². The zero-order valence-electron chi connectivity index (χ0n) is 17.4. The van der Waals surface area contributed by atoms with Gasteiger partial charge in [0.15, 0.2) is 5.82 Å². The Morgan fingerprint density at radius 3 is 2.47 bits per heavy atom. The monoisotopic (exact) mass is 484 g/mol. The second-order valence-electron chi connectivity index (χ2n) is 7.44. The van der Waals surface area contributed by atoms with Crippen molar-refractivity contribution in [1.82, 2.24) is 30.2 Å². The Hall–Kier alpha value is -4.06. The molecule has 0 aliphatic heterocycles. The Morgan fingerprint density at radius 1 is 1.12 bits per heavy atom. The number of aromatic amines is 1. The Morgan fingerprint density at radius 2 is 1.82 bits per heavy atom. The van der Waals surface area contributed by atoms with Crippen molar-refractivity contribution in [2.75, 3.05) is 0 Å². The number of H-pyrrole nitrogens is 1. The number of aryl methyl sites for hydroxylation is 1. The molecule has 0 radical (unpaired) electrons. The summed E-state index contributed by atoms with van der Waals surface area (Å²) < 4.78 is 44.0. The standard InChI is InChI=1S/C22H15F3N6O2S/c1-11-15-17(18(34-11)20(32)33)31(21(26-15)22(23,24)25)16(12-7-3-2-4-8-12)13-9-5-6-10-14(13)19-27-29-30-28-19/h2-10,16H,1H3,(H,32,33)(H,27,28,29,30). The van der Waals surface area contributed by atoms with Crippen LogP contribution in [0.1, 0.15) is 37.5 Å². The van der Waals surface area contributed by atoms with Crippen molar-refractivity contribution in [2.45, 2.75) is 19.1 Å². The van der Waals surface area contributed by atoms with E-state index in [1.54, 1.807) is 61.5 Å². The molecule has 5 aromatic rings. The number of hydrogen-bond acceptors (Lipinski definition) is 6. The lowest BCUT2D eigenvalue weighted by Crippen LogP contribution is -2.22. The average molecular weight is 484 g/mol. The third-order valence-electron chi connectivity index (χ3n) is 5.39. The molecule has 0 bridgehead atoms. The summed E-state index contributed by atoms with van der Waals surface area (Å²) in [5.41, 5.74) is 1.35. The first-order valence-corrected chi connectivity index (χ1v) is 10.8. The van der Waals surface area contributed by atoms with Crippen LogP contribution in [0.4, 0.5) is 13.2 Å². The SMILES string of the molecule is Cc1sc(C(=O)O)c2c1nc(C(F)(F)F)n2C(c1ccccc1)c1ccccc1-c1nnn[nH]1. The quantitative estimate of drug-likeness (QED) is 0.366. The number of imidazole rings is 1. The van der Waals surface area contributed by atoms with E-state index in [2.05, 4.69) is 25.6 Å². The van der Waals surface area contributed by atoms with E-state index in [-0.39, 0.29) is 21.7 Å². The van der Waals surface area contributed by atoms with E-state index in [0.717, 1.165) is 15.9 Å². The number of carboxylic acids is 1. The van der Waals surface area contributed by atoms with Crippen LogP contribution in [0, 0.1) is 6.92 Å². The lowest BCUT2D eigenvalue weighted by atomic mass is 9.93. The summed E-state index contributed by atoms with van der Waals surface area (Å²) in [5.74, 6) is -2.24. The van der Waals surface area contributed by atoms with E-state index in [1.165, 1.54) is 0 Å². The minimum Gasteiger partial charge on any atom is -0.477 e. The van der Waals surface area contributed by atoms with Gasteiger partial charge in [0.2, 0.25) is 5.82 Å². The van der Waals surface area contributed by atoms with Crippen molar-refractivity contribution >= 4 is 28.3 Å². The molecule has 0 spiro atoms. The first-order valence-electron chi connectivity index (χ1n) is 9.97. The van der Waals surface area contributed by atoms with E-state index < -0.39 is 24.0 Å². The molecule has 0 aliphatic carbocycles. The predicted molar refractivity (Wildman–Crippen MR) is 118 cm³/mol. The van der Waals surface area contributed by atoms with Crippen LogP contribution in [0.15, 0.2) is 54.6 Å². The molecule has 0 saturated carbocycles. The third-order valence-corrected chi connectivity index (χ3v) is 6.46. The number of fused-ring (bicyclic) bond motifs is 1. The number of carboxylic acid groups (broad SMARTS) is 1. The Labute approximate surface area is 193 Å². The van der Waals surface area contributed by atoms with Gasteiger partial charge in [-0.05, 0) is 28.5 Å². The van der Waals surface area contributed by atoms with Gasteiger partial charge < -0.3 is 9.67 Å². The summed E-state index contributed by atoms with van der Waals surface area (Å²) >= 11 is 0.897. The number of halogens is 3. The fourth-order valence-corrected chi connectivity index (χ4v) is 4.99. The second kappa shape index (κ2) is 8.06. The number of alkyl halides is 3. The molecule has 5 rings (SSSR count). The van der Waals surface area contributed by atoms with Crippen molar-refractivity contribution in [1.29, 1.82) is 0 Å².